The molecule has 2 aliphatic carbocycles. The first kappa shape index (κ1) is 18.9. The largest absolute Gasteiger partial charge is 0.361 e. The Kier molecular flexibility index (Phi) is 4.81. The molecule has 0 spiro atoms. The molecule has 156 valence electrons. The molecule has 1 aliphatic heterocycles. The molecule has 7 heteroatoms. The van der Waals surface area contributed by atoms with Crippen molar-refractivity contribution in [1.29, 1.82) is 0 Å². The SMILES string of the molecule is O=C1NC(Cc2c[nH]c3ccccc23)C(=O)N1CC(=O)N(C1=CCCCC1)C1CC1. The number of rotatable bonds is 6. The highest BCUT2D eigenvalue weighted by Gasteiger charge is 2.42. The van der Waals surface area contributed by atoms with Crippen LogP contribution in [0.1, 0.15) is 44.1 Å². The maximum absolute atomic E-state index is 13.1. The van der Waals surface area contributed by atoms with Crippen molar-refractivity contribution in [2.45, 2.75) is 57.0 Å². The zero-order valence-electron chi connectivity index (χ0n) is 16.9. The zero-order chi connectivity index (χ0) is 20.7. The number of carbonyl (C=O) groups excluding carboxylic acids is 3. The Bertz CT molecular complexity index is 1040. The van der Waals surface area contributed by atoms with E-state index in [4.69, 9.17) is 0 Å². The van der Waals surface area contributed by atoms with Crippen LogP contribution in [-0.2, 0) is 16.0 Å². The highest BCUT2D eigenvalue weighted by molar-refractivity contribution is 6.07. The van der Waals surface area contributed by atoms with E-state index in [0.717, 1.165) is 65.6 Å². The van der Waals surface area contributed by atoms with E-state index >= 15 is 0 Å². The molecular formula is C23H26N4O3. The van der Waals surface area contributed by atoms with Gasteiger partial charge in [0.05, 0.1) is 0 Å². The van der Waals surface area contributed by atoms with Crippen molar-refractivity contribution in [2.24, 2.45) is 0 Å². The molecule has 0 bridgehead atoms. The van der Waals surface area contributed by atoms with Gasteiger partial charge in [-0.25, -0.2) is 4.79 Å². The molecule has 2 fully saturated rings. The maximum atomic E-state index is 13.1. The molecule has 0 radical (unpaired) electrons. The second-order valence-electron chi connectivity index (χ2n) is 8.43. The van der Waals surface area contributed by atoms with E-state index in [1.165, 1.54) is 0 Å². The Labute approximate surface area is 175 Å². The number of benzene rings is 1. The van der Waals surface area contributed by atoms with Gasteiger partial charge >= 0.3 is 6.03 Å². The molecule has 1 atom stereocenters. The minimum absolute atomic E-state index is 0.151. The van der Waals surface area contributed by atoms with Gasteiger partial charge in [0.25, 0.3) is 5.91 Å². The third kappa shape index (κ3) is 3.49. The first-order valence-corrected chi connectivity index (χ1v) is 10.8. The molecule has 1 saturated carbocycles. The van der Waals surface area contributed by atoms with Crippen molar-refractivity contribution >= 4 is 28.7 Å². The number of nitrogens with zero attached hydrogens (tertiary/aromatic N) is 2. The monoisotopic (exact) mass is 406 g/mol. The third-order valence-corrected chi connectivity index (χ3v) is 6.26. The molecule has 2 aromatic rings. The summed E-state index contributed by atoms with van der Waals surface area (Å²) in [6.45, 7) is -0.192. The van der Waals surface area contributed by atoms with E-state index in [9.17, 15) is 14.4 Å². The zero-order valence-corrected chi connectivity index (χ0v) is 16.9. The molecule has 7 nitrogen and oxygen atoms in total. The fourth-order valence-electron chi connectivity index (χ4n) is 4.57. The Morgan fingerprint density at radius 1 is 1.17 bits per heavy atom. The number of fused-ring (bicyclic) bond motifs is 1. The fraction of sp³-hybridized carbons (Fsp3) is 0.435. The number of nitrogens with one attached hydrogen (secondary N) is 2. The summed E-state index contributed by atoms with van der Waals surface area (Å²) in [5, 5.41) is 3.80. The highest BCUT2D eigenvalue weighted by atomic mass is 16.2. The topological polar surface area (TPSA) is 85.5 Å². The molecule has 1 aromatic heterocycles. The lowest BCUT2D eigenvalue weighted by molar-refractivity contribution is -0.136. The van der Waals surface area contributed by atoms with Crippen molar-refractivity contribution in [1.82, 2.24) is 20.1 Å². The Balaban J connectivity index is 1.29. The van der Waals surface area contributed by atoms with Crippen LogP contribution in [0.4, 0.5) is 4.79 Å². The van der Waals surface area contributed by atoms with Gasteiger partial charge in [-0.1, -0.05) is 24.3 Å². The van der Waals surface area contributed by atoms with Crippen molar-refractivity contribution in [3.05, 3.63) is 47.8 Å². The summed E-state index contributed by atoms with van der Waals surface area (Å²) < 4.78 is 0. The number of urea groups is 1. The van der Waals surface area contributed by atoms with Crippen LogP contribution < -0.4 is 5.32 Å². The summed E-state index contributed by atoms with van der Waals surface area (Å²) in [4.78, 5) is 44.7. The molecule has 4 amide bonds. The first-order chi connectivity index (χ1) is 14.6. The second kappa shape index (κ2) is 7.63. The predicted molar refractivity (Wildman–Crippen MR) is 112 cm³/mol. The summed E-state index contributed by atoms with van der Waals surface area (Å²) in [6.07, 6.45) is 10.5. The molecule has 5 rings (SSSR count). The number of allylic oxidation sites excluding steroid dienone is 2. The molecule has 30 heavy (non-hydrogen) atoms. The van der Waals surface area contributed by atoms with Gasteiger partial charge in [0, 0.05) is 35.3 Å². The van der Waals surface area contributed by atoms with Gasteiger partial charge in [-0.3, -0.25) is 14.5 Å². The van der Waals surface area contributed by atoms with Gasteiger partial charge in [-0.2, -0.15) is 0 Å². The smallest absolute Gasteiger partial charge is 0.325 e. The van der Waals surface area contributed by atoms with Crippen LogP contribution in [0, 0.1) is 0 Å². The van der Waals surface area contributed by atoms with E-state index in [1.807, 2.05) is 35.4 Å². The summed E-state index contributed by atoms with van der Waals surface area (Å²) in [5.74, 6) is -0.478. The summed E-state index contributed by atoms with van der Waals surface area (Å²) in [7, 11) is 0. The maximum Gasteiger partial charge on any atom is 0.325 e. The van der Waals surface area contributed by atoms with Gasteiger partial charge in [0.1, 0.15) is 12.6 Å². The van der Waals surface area contributed by atoms with E-state index in [0.29, 0.717) is 6.42 Å². The number of aromatic nitrogens is 1. The average Bonchev–Trinajstić information content (AvgIpc) is 3.45. The molecule has 2 heterocycles. The molecule has 3 aliphatic rings. The Hall–Kier alpha value is -3.09. The van der Waals surface area contributed by atoms with Crippen LogP contribution in [0.3, 0.4) is 0 Å². The van der Waals surface area contributed by atoms with Crippen LogP contribution in [0.5, 0.6) is 0 Å². The van der Waals surface area contributed by atoms with Gasteiger partial charge in [0.15, 0.2) is 0 Å². The molecule has 1 unspecified atom stereocenters. The number of imide groups is 1. The quantitative estimate of drug-likeness (QED) is 0.723. The average molecular weight is 406 g/mol. The molecular weight excluding hydrogens is 380 g/mol. The van der Waals surface area contributed by atoms with E-state index in [-0.39, 0.29) is 24.4 Å². The van der Waals surface area contributed by atoms with E-state index in [2.05, 4.69) is 16.4 Å². The lowest BCUT2D eigenvalue weighted by atomic mass is 10.0. The van der Waals surface area contributed by atoms with Gasteiger partial charge in [-0.05, 0) is 50.2 Å². The van der Waals surface area contributed by atoms with Crippen molar-refractivity contribution in [3.8, 4) is 0 Å². The number of para-hydroxylation sites is 1. The highest BCUT2D eigenvalue weighted by Crippen LogP contribution is 2.34. The lowest BCUT2D eigenvalue weighted by Crippen LogP contribution is -2.44. The third-order valence-electron chi connectivity index (χ3n) is 6.26. The second-order valence-corrected chi connectivity index (χ2v) is 8.43. The van der Waals surface area contributed by atoms with Crippen molar-refractivity contribution in [3.63, 3.8) is 0 Å². The Morgan fingerprint density at radius 2 is 2.00 bits per heavy atom. The number of amides is 4. The van der Waals surface area contributed by atoms with Gasteiger partial charge < -0.3 is 15.2 Å². The van der Waals surface area contributed by atoms with Crippen LogP contribution in [0.2, 0.25) is 0 Å². The van der Waals surface area contributed by atoms with E-state index < -0.39 is 12.1 Å². The van der Waals surface area contributed by atoms with E-state index in [1.54, 1.807) is 0 Å². The van der Waals surface area contributed by atoms with Crippen LogP contribution in [0.15, 0.2) is 42.2 Å². The van der Waals surface area contributed by atoms with Crippen LogP contribution in [-0.4, -0.2) is 51.3 Å². The molecule has 1 aromatic carbocycles. The van der Waals surface area contributed by atoms with Gasteiger partial charge in [-0.15, -0.1) is 0 Å². The van der Waals surface area contributed by atoms with Crippen molar-refractivity contribution < 1.29 is 14.4 Å². The number of aromatic amines is 1. The number of H-pyrrole nitrogens is 1. The standard InChI is InChI=1S/C23H26N4O3/c28-21(27(17-10-11-17)16-6-2-1-3-7-16)14-26-22(29)20(25-23(26)30)12-15-13-24-19-9-5-4-8-18(15)19/h4-6,8-9,13,17,20,24H,1-3,7,10-12,14H2,(H,25,30). The minimum Gasteiger partial charge on any atom is -0.361 e. The predicted octanol–water partition coefficient (Wildman–Crippen LogP) is 3.08. The van der Waals surface area contributed by atoms with Crippen LogP contribution >= 0.6 is 0 Å². The minimum atomic E-state index is -0.646. The Morgan fingerprint density at radius 3 is 2.77 bits per heavy atom. The number of hydrogen-bond donors (Lipinski definition) is 2. The number of hydrogen-bond acceptors (Lipinski definition) is 3. The van der Waals surface area contributed by atoms with Crippen LogP contribution in [0.25, 0.3) is 10.9 Å². The molecule has 1 saturated heterocycles. The lowest BCUT2D eigenvalue weighted by Gasteiger charge is -2.29. The normalized spacial score (nSPS) is 21.7. The fourth-order valence-corrected chi connectivity index (χ4v) is 4.57. The van der Waals surface area contributed by atoms with Crippen molar-refractivity contribution in [2.75, 3.05) is 6.54 Å². The summed E-state index contributed by atoms with van der Waals surface area (Å²) >= 11 is 0. The summed E-state index contributed by atoms with van der Waals surface area (Å²) in [5.41, 5.74) is 3.04. The molecule has 2 N–H and O–H groups in total. The van der Waals surface area contributed by atoms with Gasteiger partial charge in [0.2, 0.25) is 5.91 Å². The summed E-state index contributed by atoms with van der Waals surface area (Å²) in [6, 6.07) is 6.97. The number of carbonyl (C=O) groups is 3. The first-order valence-electron chi connectivity index (χ1n) is 10.8.